The van der Waals surface area contributed by atoms with Gasteiger partial charge in [-0.15, -0.1) is 0 Å². The second-order valence-corrected chi connectivity index (χ2v) is 7.13. The Labute approximate surface area is 113 Å². The molecule has 0 bridgehead atoms. The molecular formula is C13H16N4OS. The summed E-state index contributed by atoms with van der Waals surface area (Å²) in [6.45, 7) is 4.12. The molecule has 2 aliphatic heterocycles. The minimum Gasteiger partial charge on any atom is -0.355 e. The zero-order valence-electron chi connectivity index (χ0n) is 10.8. The van der Waals surface area contributed by atoms with E-state index in [0.717, 1.165) is 47.9 Å². The lowest BCUT2D eigenvalue weighted by atomic mass is 9.82. The van der Waals surface area contributed by atoms with Crippen LogP contribution in [0, 0.1) is 5.41 Å². The smallest absolute Gasteiger partial charge is 0.143 e. The number of hydrogen-bond acceptors (Lipinski definition) is 4. The maximum Gasteiger partial charge on any atom is 0.143 e. The highest BCUT2D eigenvalue weighted by Gasteiger charge is 2.52. The first-order valence-electron chi connectivity index (χ1n) is 6.62. The average Bonchev–Trinajstić information content (AvgIpc) is 2.75. The Balaban J connectivity index is 1.69. The molecule has 2 fully saturated rings. The first-order chi connectivity index (χ1) is 9.21. The number of aromatic amines is 1. The summed E-state index contributed by atoms with van der Waals surface area (Å²) in [5.41, 5.74) is 2.49. The van der Waals surface area contributed by atoms with Gasteiger partial charge in [0.2, 0.25) is 0 Å². The van der Waals surface area contributed by atoms with Gasteiger partial charge in [0, 0.05) is 47.0 Å². The highest BCUT2D eigenvalue weighted by Crippen LogP contribution is 2.43. The quantitative estimate of drug-likeness (QED) is 0.892. The molecule has 2 aliphatic rings. The predicted octanol–water partition coefficient (Wildman–Crippen LogP) is 1.09. The van der Waals surface area contributed by atoms with Crippen LogP contribution in [-0.4, -0.2) is 43.8 Å². The Morgan fingerprint density at radius 3 is 2.89 bits per heavy atom. The molecule has 19 heavy (non-hydrogen) atoms. The van der Waals surface area contributed by atoms with E-state index in [1.807, 2.05) is 6.20 Å². The van der Waals surface area contributed by atoms with Crippen LogP contribution in [0.4, 0.5) is 5.82 Å². The Hall–Kier alpha value is -1.43. The second kappa shape index (κ2) is 3.79. The number of rotatable bonds is 2. The SMILES string of the molecule is CCc1c[nH]c2ncnc(N3CC4(C3)CS(=O)C4)c12. The zero-order valence-corrected chi connectivity index (χ0v) is 11.7. The summed E-state index contributed by atoms with van der Waals surface area (Å²) in [6, 6.07) is 0. The number of nitrogens with zero attached hydrogens (tertiary/aromatic N) is 3. The molecule has 2 saturated heterocycles. The summed E-state index contributed by atoms with van der Waals surface area (Å²) in [5, 5.41) is 1.15. The van der Waals surface area contributed by atoms with E-state index < -0.39 is 10.8 Å². The van der Waals surface area contributed by atoms with Gasteiger partial charge in [0.15, 0.2) is 0 Å². The molecule has 2 aromatic heterocycles. The van der Waals surface area contributed by atoms with E-state index in [-0.39, 0.29) is 0 Å². The normalized spacial score (nSPS) is 21.6. The molecule has 5 nitrogen and oxygen atoms in total. The third-order valence-corrected chi connectivity index (χ3v) is 6.07. The summed E-state index contributed by atoms with van der Waals surface area (Å²) in [7, 11) is -0.572. The van der Waals surface area contributed by atoms with E-state index in [1.165, 1.54) is 5.56 Å². The van der Waals surface area contributed by atoms with Gasteiger partial charge in [-0.2, -0.15) is 0 Å². The molecule has 4 heterocycles. The topological polar surface area (TPSA) is 61.9 Å². The molecule has 4 rings (SSSR count). The summed E-state index contributed by atoms with van der Waals surface area (Å²) >= 11 is 0. The van der Waals surface area contributed by atoms with Gasteiger partial charge in [-0.05, 0) is 12.0 Å². The van der Waals surface area contributed by atoms with Crippen molar-refractivity contribution in [3.05, 3.63) is 18.1 Å². The third-order valence-electron chi connectivity index (χ3n) is 4.20. The molecule has 0 unspecified atom stereocenters. The molecule has 0 atom stereocenters. The summed E-state index contributed by atoms with van der Waals surface area (Å²) in [5.74, 6) is 2.77. The molecule has 100 valence electrons. The highest BCUT2D eigenvalue weighted by molar-refractivity contribution is 7.86. The Morgan fingerprint density at radius 1 is 1.42 bits per heavy atom. The Bertz CT molecular complexity index is 664. The van der Waals surface area contributed by atoms with Crippen LogP contribution in [0.15, 0.2) is 12.5 Å². The van der Waals surface area contributed by atoms with Crippen molar-refractivity contribution in [2.45, 2.75) is 13.3 Å². The Kier molecular flexibility index (Phi) is 2.27. The van der Waals surface area contributed by atoms with Crippen LogP contribution in [0.1, 0.15) is 12.5 Å². The fourth-order valence-electron chi connectivity index (χ4n) is 3.26. The van der Waals surface area contributed by atoms with Crippen LogP contribution in [-0.2, 0) is 17.2 Å². The molecule has 0 amide bonds. The van der Waals surface area contributed by atoms with E-state index >= 15 is 0 Å². The first-order valence-corrected chi connectivity index (χ1v) is 8.10. The largest absolute Gasteiger partial charge is 0.355 e. The van der Waals surface area contributed by atoms with Gasteiger partial charge in [0.05, 0.1) is 5.39 Å². The molecule has 6 heteroatoms. The van der Waals surface area contributed by atoms with Crippen molar-refractivity contribution in [1.29, 1.82) is 0 Å². The lowest BCUT2D eigenvalue weighted by molar-refractivity contribution is 0.263. The predicted molar refractivity (Wildman–Crippen MR) is 75.8 cm³/mol. The van der Waals surface area contributed by atoms with Gasteiger partial charge in [-0.1, -0.05) is 6.92 Å². The molecule has 0 aromatic carbocycles. The first kappa shape index (κ1) is 11.4. The number of H-pyrrole nitrogens is 1. The molecule has 0 aliphatic carbocycles. The molecule has 1 N–H and O–H groups in total. The lowest BCUT2D eigenvalue weighted by Gasteiger charge is -2.55. The third kappa shape index (κ3) is 1.55. The van der Waals surface area contributed by atoms with Crippen molar-refractivity contribution in [2.75, 3.05) is 29.5 Å². The molecule has 1 spiro atoms. The van der Waals surface area contributed by atoms with Crippen molar-refractivity contribution >= 4 is 27.7 Å². The van der Waals surface area contributed by atoms with Crippen molar-refractivity contribution in [3.8, 4) is 0 Å². The van der Waals surface area contributed by atoms with Crippen LogP contribution < -0.4 is 4.90 Å². The summed E-state index contributed by atoms with van der Waals surface area (Å²) in [4.78, 5) is 14.3. The van der Waals surface area contributed by atoms with E-state index in [0.29, 0.717) is 5.41 Å². The number of aromatic nitrogens is 3. The van der Waals surface area contributed by atoms with Gasteiger partial charge in [0.1, 0.15) is 17.8 Å². The number of nitrogens with one attached hydrogen (secondary N) is 1. The summed E-state index contributed by atoms with van der Waals surface area (Å²) in [6.07, 6.45) is 4.62. The molecule has 2 aromatic rings. The Morgan fingerprint density at radius 2 is 2.21 bits per heavy atom. The van der Waals surface area contributed by atoms with Crippen molar-refractivity contribution in [1.82, 2.24) is 15.0 Å². The standard InChI is InChI=1S/C13H16N4OS/c1-2-9-3-14-11-10(9)12(16-8-15-11)17-4-13(5-17)6-19(18)7-13/h3,8H,2,4-7H2,1H3,(H,14,15,16). The van der Waals surface area contributed by atoms with Crippen molar-refractivity contribution < 1.29 is 4.21 Å². The number of fused-ring (bicyclic) bond motifs is 1. The fraction of sp³-hybridized carbons (Fsp3) is 0.538. The lowest BCUT2D eigenvalue weighted by Crippen LogP contribution is -2.67. The van der Waals surface area contributed by atoms with E-state index in [9.17, 15) is 4.21 Å². The van der Waals surface area contributed by atoms with Gasteiger partial charge < -0.3 is 9.88 Å². The van der Waals surface area contributed by atoms with E-state index in [4.69, 9.17) is 0 Å². The average molecular weight is 276 g/mol. The van der Waals surface area contributed by atoms with Crippen LogP contribution in [0.3, 0.4) is 0 Å². The van der Waals surface area contributed by atoms with Crippen LogP contribution in [0.2, 0.25) is 0 Å². The van der Waals surface area contributed by atoms with Gasteiger partial charge >= 0.3 is 0 Å². The minimum atomic E-state index is -0.572. The zero-order chi connectivity index (χ0) is 13.0. The van der Waals surface area contributed by atoms with E-state index in [2.05, 4.69) is 26.8 Å². The highest BCUT2D eigenvalue weighted by atomic mass is 32.2. The summed E-state index contributed by atoms with van der Waals surface area (Å²) < 4.78 is 11.3. The molecule has 0 radical (unpaired) electrons. The van der Waals surface area contributed by atoms with Crippen molar-refractivity contribution in [3.63, 3.8) is 0 Å². The monoisotopic (exact) mass is 276 g/mol. The van der Waals surface area contributed by atoms with Gasteiger partial charge in [0.25, 0.3) is 0 Å². The maximum absolute atomic E-state index is 11.3. The number of anilines is 1. The molecule has 0 saturated carbocycles. The van der Waals surface area contributed by atoms with Crippen molar-refractivity contribution in [2.24, 2.45) is 5.41 Å². The van der Waals surface area contributed by atoms with Crippen LogP contribution in [0.5, 0.6) is 0 Å². The number of aryl methyl sites for hydroxylation is 1. The fourth-order valence-corrected chi connectivity index (χ4v) is 4.91. The minimum absolute atomic E-state index is 0.310. The van der Waals surface area contributed by atoms with Crippen LogP contribution >= 0.6 is 0 Å². The van der Waals surface area contributed by atoms with Gasteiger partial charge in [-0.3, -0.25) is 4.21 Å². The number of hydrogen-bond donors (Lipinski definition) is 1. The van der Waals surface area contributed by atoms with Gasteiger partial charge in [-0.25, -0.2) is 9.97 Å². The maximum atomic E-state index is 11.3. The van der Waals surface area contributed by atoms with Crippen LogP contribution in [0.25, 0.3) is 11.0 Å². The molecular weight excluding hydrogens is 260 g/mol. The van der Waals surface area contributed by atoms with E-state index in [1.54, 1.807) is 6.33 Å². The second-order valence-electron chi connectivity index (χ2n) is 5.67.